The van der Waals surface area contributed by atoms with Crippen LogP contribution in [0.3, 0.4) is 0 Å². The van der Waals surface area contributed by atoms with Gasteiger partial charge in [0.05, 0.1) is 26.4 Å². The molecular formula is C27H34O12. The molecule has 0 saturated carbocycles. The number of allylic oxidation sites excluding steroid dienone is 1. The van der Waals surface area contributed by atoms with Crippen LogP contribution in [0.4, 0.5) is 0 Å². The zero-order valence-electron chi connectivity index (χ0n) is 21.2. The lowest BCUT2D eigenvalue weighted by atomic mass is 9.92. The smallest absolute Gasteiger partial charge is 0.187 e. The number of carbonyl (C=O) groups excluding carboxylic acids is 1. The minimum absolute atomic E-state index is 0.303. The highest BCUT2D eigenvalue weighted by molar-refractivity contribution is 5.95. The van der Waals surface area contributed by atoms with E-state index < -0.39 is 80.2 Å². The topological polar surface area (TPSA) is 196 Å². The van der Waals surface area contributed by atoms with Crippen LogP contribution in [0, 0.1) is 0 Å². The molecule has 2 aromatic carbocycles. The second-order valence-corrected chi connectivity index (χ2v) is 9.65. The van der Waals surface area contributed by atoms with Gasteiger partial charge in [0.15, 0.2) is 12.1 Å². The van der Waals surface area contributed by atoms with Crippen LogP contribution in [0.5, 0.6) is 5.75 Å². The fourth-order valence-corrected chi connectivity index (χ4v) is 4.76. The quantitative estimate of drug-likeness (QED) is 0.179. The molecule has 4 rings (SSSR count). The summed E-state index contributed by atoms with van der Waals surface area (Å²) in [6, 6.07) is 11.3. The molecule has 39 heavy (non-hydrogen) atoms. The summed E-state index contributed by atoms with van der Waals surface area (Å²) in [5.41, 5.74) is 0.771. The van der Waals surface area contributed by atoms with E-state index in [0.717, 1.165) is 22.1 Å². The number of benzene rings is 2. The van der Waals surface area contributed by atoms with Gasteiger partial charge in [-0.05, 0) is 40.6 Å². The first-order valence-corrected chi connectivity index (χ1v) is 12.5. The first-order valence-electron chi connectivity index (χ1n) is 12.5. The van der Waals surface area contributed by atoms with E-state index in [1.807, 2.05) is 36.4 Å². The van der Waals surface area contributed by atoms with Crippen molar-refractivity contribution >= 4 is 22.6 Å². The molecule has 214 valence electrons. The van der Waals surface area contributed by atoms with Crippen LogP contribution in [-0.2, 0) is 19.0 Å². The zero-order chi connectivity index (χ0) is 28.3. The Labute approximate surface area is 224 Å². The average molecular weight is 551 g/mol. The van der Waals surface area contributed by atoms with Crippen LogP contribution in [-0.4, -0.2) is 123 Å². The van der Waals surface area contributed by atoms with E-state index in [-0.39, 0.29) is 6.42 Å². The normalized spacial score (nSPS) is 35.4. The molecule has 2 aliphatic rings. The number of ketones is 1. The van der Waals surface area contributed by atoms with Crippen molar-refractivity contribution in [2.75, 3.05) is 20.3 Å². The molecule has 2 fully saturated rings. The van der Waals surface area contributed by atoms with Crippen LogP contribution in [0.2, 0.25) is 0 Å². The second-order valence-electron chi connectivity index (χ2n) is 9.65. The highest BCUT2D eigenvalue weighted by Crippen LogP contribution is 2.30. The van der Waals surface area contributed by atoms with Crippen molar-refractivity contribution in [3.8, 4) is 5.75 Å². The molecule has 0 radical (unpaired) electrons. The fraction of sp³-hybridized carbons (Fsp3) is 0.519. The Balaban J connectivity index is 1.39. The number of aliphatic hydroxyl groups excluding tert-OH is 7. The predicted octanol–water partition coefficient (Wildman–Crippen LogP) is -1.51. The summed E-state index contributed by atoms with van der Waals surface area (Å²) in [7, 11) is 1.59. The first kappa shape index (κ1) is 29.5. The number of carbonyl (C=O) groups is 1. The van der Waals surface area contributed by atoms with Crippen molar-refractivity contribution in [3.63, 3.8) is 0 Å². The van der Waals surface area contributed by atoms with Crippen LogP contribution in [0.1, 0.15) is 12.0 Å². The van der Waals surface area contributed by atoms with Crippen molar-refractivity contribution in [2.24, 2.45) is 0 Å². The highest BCUT2D eigenvalue weighted by Gasteiger charge is 2.50. The van der Waals surface area contributed by atoms with Gasteiger partial charge in [0.1, 0.15) is 54.6 Å². The Morgan fingerprint density at radius 3 is 2.18 bits per heavy atom. The third-order valence-corrected chi connectivity index (χ3v) is 7.04. The van der Waals surface area contributed by atoms with E-state index in [1.165, 1.54) is 6.08 Å². The molecule has 7 N–H and O–H groups in total. The van der Waals surface area contributed by atoms with Gasteiger partial charge in [-0.3, -0.25) is 4.79 Å². The summed E-state index contributed by atoms with van der Waals surface area (Å²) < 4.78 is 21.7. The van der Waals surface area contributed by atoms with E-state index in [2.05, 4.69) is 0 Å². The number of methoxy groups -OCH3 is 1. The maximum absolute atomic E-state index is 12.7. The van der Waals surface area contributed by atoms with Gasteiger partial charge in [0.25, 0.3) is 0 Å². The number of fused-ring (bicyclic) bond motifs is 1. The molecule has 12 nitrogen and oxygen atoms in total. The second kappa shape index (κ2) is 12.8. The van der Waals surface area contributed by atoms with Gasteiger partial charge in [-0.25, -0.2) is 0 Å². The summed E-state index contributed by atoms with van der Waals surface area (Å²) in [6.45, 7) is -1.36. The average Bonchev–Trinajstić information content (AvgIpc) is 2.95. The summed E-state index contributed by atoms with van der Waals surface area (Å²) in [6.07, 6.45) is -12.4. The molecule has 2 aromatic rings. The van der Waals surface area contributed by atoms with Gasteiger partial charge in [-0.15, -0.1) is 0 Å². The van der Waals surface area contributed by atoms with Crippen LogP contribution in [0.25, 0.3) is 16.8 Å². The number of hydrogen-bond donors (Lipinski definition) is 7. The lowest BCUT2D eigenvalue weighted by Crippen LogP contribution is -2.64. The van der Waals surface area contributed by atoms with E-state index in [9.17, 15) is 40.5 Å². The SMILES string of the molecule is COc1ccc2cc(/C=C/C(=O)C[C@@H]3O[C@H](CO)[C@@H](O[C@@H]4O[C@H](CO)[C@H](O)[C@H](O)[C@H]4O)[C@H](O)[C@H]3O)ccc2c1. The third-order valence-electron chi connectivity index (χ3n) is 7.04. The van der Waals surface area contributed by atoms with Crippen molar-refractivity contribution in [3.05, 3.63) is 48.0 Å². The largest absolute Gasteiger partial charge is 0.497 e. The van der Waals surface area contributed by atoms with Crippen LogP contribution in [0.15, 0.2) is 42.5 Å². The molecule has 0 unspecified atom stereocenters. The summed E-state index contributed by atoms with van der Waals surface area (Å²) in [5.74, 6) is 0.335. The minimum Gasteiger partial charge on any atom is -0.497 e. The molecule has 12 heteroatoms. The molecule has 0 spiro atoms. The number of ether oxygens (including phenoxy) is 4. The van der Waals surface area contributed by atoms with Crippen molar-refractivity contribution in [1.82, 2.24) is 0 Å². The Kier molecular flexibility index (Phi) is 9.67. The van der Waals surface area contributed by atoms with E-state index >= 15 is 0 Å². The molecule has 2 saturated heterocycles. The fourth-order valence-electron chi connectivity index (χ4n) is 4.76. The van der Waals surface area contributed by atoms with Gasteiger partial charge in [-0.2, -0.15) is 0 Å². The molecule has 2 heterocycles. The number of rotatable bonds is 9. The molecule has 10 atom stereocenters. The van der Waals surface area contributed by atoms with Gasteiger partial charge in [0, 0.05) is 6.42 Å². The van der Waals surface area contributed by atoms with Crippen molar-refractivity contribution in [2.45, 2.75) is 67.6 Å². The summed E-state index contributed by atoms with van der Waals surface area (Å²) >= 11 is 0. The molecule has 0 bridgehead atoms. The molecule has 0 aliphatic carbocycles. The zero-order valence-corrected chi connectivity index (χ0v) is 21.2. The van der Waals surface area contributed by atoms with Gasteiger partial charge >= 0.3 is 0 Å². The molecular weight excluding hydrogens is 516 g/mol. The first-order chi connectivity index (χ1) is 18.7. The lowest BCUT2D eigenvalue weighted by molar-refractivity contribution is -0.341. The monoisotopic (exact) mass is 550 g/mol. The summed E-state index contributed by atoms with van der Waals surface area (Å²) in [4.78, 5) is 12.7. The van der Waals surface area contributed by atoms with E-state index in [4.69, 9.17) is 18.9 Å². The Morgan fingerprint density at radius 1 is 0.821 bits per heavy atom. The Hall–Kier alpha value is -2.49. The molecule has 0 amide bonds. The van der Waals surface area contributed by atoms with Crippen molar-refractivity contribution in [1.29, 1.82) is 0 Å². The Bertz CT molecular complexity index is 1150. The maximum Gasteiger partial charge on any atom is 0.187 e. The van der Waals surface area contributed by atoms with Gasteiger partial charge in [-0.1, -0.05) is 24.3 Å². The highest BCUT2D eigenvalue weighted by atomic mass is 16.7. The number of aliphatic hydroxyl groups is 7. The van der Waals surface area contributed by atoms with E-state index in [0.29, 0.717) is 0 Å². The maximum atomic E-state index is 12.7. The molecule has 0 aromatic heterocycles. The van der Waals surface area contributed by atoms with E-state index in [1.54, 1.807) is 13.2 Å². The van der Waals surface area contributed by atoms with Crippen LogP contribution < -0.4 is 4.74 Å². The number of hydrogen-bond acceptors (Lipinski definition) is 12. The van der Waals surface area contributed by atoms with Gasteiger partial charge in [0.2, 0.25) is 0 Å². The molecule has 2 aliphatic heterocycles. The van der Waals surface area contributed by atoms with Crippen molar-refractivity contribution < 1.29 is 59.5 Å². The van der Waals surface area contributed by atoms with Gasteiger partial charge < -0.3 is 54.7 Å². The Morgan fingerprint density at radius 2 is 1.49 bits per heavy atom. The minimum atomic E-state index is -1.76. The standard InChI is InChI=1S/C27H34O12/c1-36-17-7-5-14-8-13(2-4-15(14)9-17)3-6-16(30)10-18-21(31)24(34)26(20(12-29)37-18)39-27-25(35)23(33)22(32)19(11-28)38-27/h2-9,18-29,31-35H,10-12H2,1H3/b6-3+/t18-,19+,20+,21-,22-,23-,24+,25+,26+,27-/m0/s1. The summed E-state index contributed by atoms with van der Waals surface area (Å²) in [5, 5.41) is 72.6. The lowest BCUT2D eigenvalue weighted by Gasteiger charge is -2.46. The van der Waals surface area contributed by atoms with Crippen LogP contribution >= 0.6 is 0 Å². The predicted molar refractivity (Wildman–Crippen MR) is 136 cm³/mol. The third kappa shape index (κ3) is 6.47.